The Hall–Kier alpha value is 0.447. The van der Waals surface area contributed by atoms with E-state index in [1.807, 2.05) is 6.66 Å². The average molecular weight is 92.1 g/mol. The van der Waals surface area contributed by atoms with E-state index in [-0.39, 0.29) is 0 Å². The predicted octanol–water partition coefficient (Wildman–Crippen LogP) is -0.00830. The van der Waals surface area contributed by atoms with Gasteiger partial charge in [-0.2, -0.15) is 0 Å². The van der Waals surface area contributed by atoms with Crippen LogP contribution in [-0.2, 0) is 4.46 Å². The van der Waals surface area contributed by atoms with Crippen molar-refractivity contribution in [2.24, 2.45) is 0 Å². The molecule has 0 aromatic rings. The van der Waals surface area contributed by atoms with Crippen LogP contribution in [0.4, 0.5) is 0 Å². The molecule has 0 aliphatic heterocycles. The summed E-state index contributed by atoms with van der Waals surface area (Å²) < 4.78 is 9.39. The molecule has 0 aliphatic rings. The van der Waals surface area contributed by atoms with Gasteiger partial charge in [0.15, 0.2) is 0 Å². The molecular formula is CH5OPSi. The summed E-state index contributed by atoms with van der Waals surface area (Å²) in [6.45, 7) is 1.93. The smallest absolute Gasteiger partial charge is 0.285 e. The van der Waals surface area contributed by atoms with Crippen molar-refractivity contribution < 1.29 is 4.46 Å². The van der Waals surface area contributed by atoms with Crippen LogP contribution in [0, 0.1) is 0 Å². The van der Waals surface area contributed by atoms with Gasteiger partial charge in [0.05, 0.1) is 0 Å². The van der Waals surface area contributed by atoms with Gasteiger partial charge in [0.25, 0.3) is 9.07 Å². The molecule has 1 unspecified atom stereocenters. The zero-order chi connectivity index (χ0) is 3.41. The minimum atomic E-state index is -0.440. The zero-order valence-electron chi connectivity index (χ0n) is 2.49. The third-order valence-electron chi connectivity index (χ3n) is 0.118. The lowest BCUT2D eigenvalue weighted by Gasteiger charge is -1.51. The maximum Gasteiger partial charge on any atom is 0.285 e. The summed E-state index contributed by atoms with van der Waals surface area (Å²) in [5.41, 5.74) is 0. The molecule has 24 valence electrons. The normalized spacial score (nSPS) is 9.25. The molecule has 1 nitrogen and oxygen atoms in total. The minimum Gasteiger partial charge on any atom is -0.387 e. The minimum absolute atomic E-state index is 0.440. The first-order valence-electron chi connectivity index (χ1n) is 1.02. The van der Waals surface area contributed by atoms with Gasteiger partial charge >= 0.3 is 0 Å². The van der Waals surface area contributed by atoms with Crippen LogP contribution in [0.1, 0.15) is 0 Å². The topological polar surface area (TPSA) is 17.1 Å². The Labute approximate surface area is 29.3 Å². The highest BCUT2D eigenvalue weighted by Crippen LogP contribution is 1.85. The molecule has 0 N–H and O–H groups in total. The lowest BCUT2D eigenvalue weighted by molar-refractivity contribution is 0.586. The van der Waals surface area contributed by atoms with Gasteiger partial charge in [-0.3, -0.25) is 0 Å². The molecule has 0 bridgehead atoms. The fourth-order valence-corrected chi connectivity index (χ4v) is 0. The molecule has 0 fully saturated rings. The average Bonchev–Trinajstić information content (AvgIpc) is 1.37. The predicted molar refractivity (Wildman–Crippen MR) is 22.1 cm³/mol. The second-order valence-corrected chi connectivity index (χ2v) is 3.66. The van der Waals surface area contributed by atoms with E-state index in [0.717, 1.165) is 0 Å². The van der Waals surface area contributed by atoms with Crippen molar-refractivity contribution in [2.75, 3.05) is 6.66 Å². The fourth-order valence-electron chi connectivity index (χ4n) is 0. The molecule has 0 saturated carbocycles. The van der Waals surface area contributed by atoms with E-state index in [4.69, 9.17) is 0 Å². The van der Waals surface area contributed by atoms with Gasteiger partial charge in [0.1, 0.15) is 0 Å². The van der Waals surface area contributed by atoms with Gasteiger partial charge in [0, 0.05) is 0 Å². The molecule has 0 radical (unpaired) electrons. The summed E-state index contributed by atoms with van der Waals surface area (Å²) in [7, 11) is 0.228. The van der Waals surface area contributed by atoms with Crippen LogP contribution < -0.4 is 0 Å². The Morgan fingerprint density at radius 1 is 2.00 bits per heavy atom. The Bertz CT molecular complexity index is 22.0. The summed E-state index contributed by atoms with van der Waals surface area (Å²) in [5.74, 6) is 0. The van der Waals surface area contributed by atoms with Gasteiger partial charge in [-0.25, -0.2) is 0 Å². The first-order chi connectivity index (χ1) is 1.91. The van der Waals surface area contributed by atoms with Crippen LogP contribution in [0.25, 0.3) is 0 Å². The molecule has 0 rings (SSSR count). The monoisotopic (exact) mass is 92.0 g/mol. The van der Waals surface area contributed by atoms with Gasteiger partial charge < -0.3 is 4.46 Å². The van der Waals surface area contributed by atoms with Crippen molar-refractivity contribution in [1.29, 1.82) is 0 Å². The van der Waals surface area contributed by atoms with Crippen LogP contribution in [0.2, 0.25) is 0 Å². The van der Waals surface area contributed by atoms with Gasteiger partial charge in [0.2, 0.25) is 0 Å². The van der Waals surface area contributed by atoms with Crippen molar-refractivity contribution in [2.45, 2.75) is 0 Å². The molecule has 0 saturated heterocycles. The van der Waals surface area contributed by atoms with E-state index in [2.05, 4.69) is 0 Å². The fraction of sp³-hybridized carbons (Fsp3) is 1.00. The maximum absolute atomic E-state index is 9.39. The highest BCUT2D eigenvalue weighted by molar-refractivity contribution is 7.67. The van der Waals surface area contributed by atoms with Crippen molar-refractivity contribution in [1.82, 2.24) is 0 Å². The van der Waals surface area contributed by atoms with Crippen molar-refractivity contribution in [3.63, 3.8) is 0 Å². The first kappa shape index (κ1) is 4.45. The SMILES string of the molecule is CP[SiH]=O. The maximum atomic E-state index is 9.39. The third kappa shape index (κ3) is 2.45. The van der Waals surface area contributed by atoms with Crippen molar-refractivity contribution >= 4 is 17.2 Å². The lowest BCUT2D eigenvalue weighted by atomic mass is 12.0. The summed E-state index contributed by atoms with van der Waals surface area (Å²) >= 11 is 0. The van der Waals surface area contributed by atoms with Crippen molar-refractivity contribution in [3.05, 3.63) is 0 Å². The highest BCUT2D eigenvalue weighted by Gasteiger charge is 1.55. The molecule has 0 aromatic heterocycles. The van der Waals surface area contributed by atoms with E-state index in [0.29, 0.717) is 8.13 Å². The lowest BCUT2D eigenvalue weighted by Crippen LogP contribution is -1.43. The van der Waals surface area contributed by atoms with E-state index in [9.17, 15) is 4.46 Å². The second kappa shape index (κ2) is 3.45. The molecule has 3 heteroatoms. The van der Waals surface area contributed by atoms with Crippen LogP contribution in [-0.4, -0.2) is 15.7 Å². The standard InChI is InChI=1S/CH5OPSi/c1-3-4-2/h3-4H,1H3. The quantitative estimate of drug-likeness (QED) is 0.328. The van der Waals surface area contributed by atoms with E-state index < -0.39 is 9.07 Å². The summed E-state index contributed by atoms with van der Waals surface area (Å²) in [5, 5.41) is 0. The number of hydrogen-bond donors (Lipinski definition) is 0. The van der Waals surface area contributed by atoms with Crippen LogP contribution in [0.15, 0.2) is 0 Å². The summed E-state index contributed by atoms with van der Waals surface area (Å²) in [6, 6.07) is 0. The van der Waals surface area contributed by atoms with Crippen molar-refractivity contribution in [3.8, 4) is 0 Å². The van der Waals surface area contributed by atoms with Crippen LogP contribution in [0.5, 0.6) is 0 Å². The van der Waals surface area contributed by atoms with Gasteiger partial charge in [-0.05, 0) is 6.66 Å². The van der Waals surface area contributed by atoms with E-state index in [1.165, 1.54) is 0 Å². The van der Waals surface area contributed by atoms with Crippen LogP contribution >= 0.6 is 8.13 Å². The number of rotatable bonds is 1. The summed E-state index contributed by atoms with van der Waals surface area (Å²) in [6.07, 6.45) is 0. The second-order valence-electron chi connectivity index (χ2n) is 0.407. The molecular weight excluding hydrogens is 87.1 g/mol. The largest absolute Gasteiger partial charge is 0.387 e. The van der Waals surface area contributed by atoms with Crippen LogP contribution in [0.3, 0.4) is 0 Å². The molecule has 0 amide bonds. The van der Waals surface area contributed by atoms with Gasteiger partial charge in [-0.15, -0.1) is 0 Å². The molecule has 1 atom stereocenters. The Balaban J connectivity index is 2.30. The van der Waals surface area contributed by atoms with E-state index >= 15 is 0 Å². The van der Waals surface area contributed by atoms with E-state index in [1.54, 1.807) is 0 Å². The molecule has 0 spiro atoms. The highest BCUT2D eigenvalue weighted by atomic mass is 31.3. The molecule has 0 heterocycles. The Morgan fingerprint density at radius 2 is 2.25 bits per heavy atom. The summed E-state index contributed by atoms with van der Waals surface area (Å²) in [4.78, 5) is 0. The molecule has 0 aromatic carbocycles. The number of hydrogen-bond acceptors (Lipinski definition) is 1. The first-order valence-corrected chi connectivity index (χ1v) is 4.81. The Morgan fingerprint density at radius 3 is 2.25 bits per heavy atom. The molecule has 0 aliphatic carbocycles. The molecule has 4 heavy (non-hydrogen) atoms. The zero-order valence-corrected chi connectivity index (χ0v) is 4.64. The van der Waals surface area contributed by atoms with Gasteiger partial charge in [-0.1, -0.05) is 8.13 Å². The Kier molecular flexibility index (Phi) is 3.83. The third-order valence-corrected chi connectivity index (χ3v) is 1.06.